The minimum Gasteiger partial charge on any atom is -0.380 e. The molecule has 104 valence electrons. The maximum atomic E-state index is 5.89. The number of likely N-dealkylation sites (tertiary alicyclic amines) is 1. The van der Waals surface area contributed by atoms with Crippen LogP contribution in [-0.2, 0) is 9.47 Å². The number of nitrogens with zero attached hydrogens (tertiary/aromatic N) is 1. The molecular weight excluding hydrogens is 228 g/mol. The van der Waals surface area contributed by atoms with Gasteiger partial charge in [-0.2, -0.15) is 0 Å². The molecule has 4 nitrogen and oxygen atoms in total. The molecule has 0 aromatic heterocycles. The third-order valence-electron chi connectivity index (χ3n) is 5.00. The van der Waals surface area contributed by atoms with Gasteiger partial charge in [0.1, 0.15) is 0 Å². The van der Waals surface area contributed by atoms with E-state index in [-0.39, 0.29) is 0 Å². The lowest BCUT2D eigenvalue weighted by atomic mass is 9.66. The minimum atomic E-state index is 0.405. The third kappa shape index (κ3) is 2.57. The first-order valence-electron chi connectivity index (χ1n) is 7.37. The van der Waals surface area contributed by atoms with Crippen molar-refractivity contribution >= 4 is 0 Å². The quantitative estimate of drug-likeness (QED) is 0.805. The van der Waals surface area contributed by atoms with Gasteiger partial charge in [0.25, 0.3) is 0 Å². The van der Waals surface area contributed by atoms with Crippen LogP contribution in [0, 0.1) is 11.3 Å². The zero-order chi connectivity index (χ0) is 12.4. The van der Waals surface area contributed by atoms with Crippen LogP contribution in [0.15, 0.2) is 0 Å². The maximum absolute atomic E-state index is 5.89. The van der Waals surface area contributed by atoms with Crippen molar-refractivity contribution in [1.82, 2.24) is 10.2 Å². The molecule has 0 radical (unpaired) electrons. The lowest BCUT2D eigenvalue weighted by molar-refractivity contribution is -0.177. The van der Waals surface area contributed by atoms with Crippen molar-refractivity contribution in [2.75, 3.05) is 53.0 Å². The first kappa shape index (κ1) is 12.9. The van der Waals surface area contributed by atoms with Crippen LogP contribution in [0.1, 0.15) is 19.3 Å². The van der Waals surface area contributed by atoms with E-state index in [1.807, 2.05) is 0 Å². The summed E-state index contributed by atoms with van der Waals surface area (Å²) in [6.07, 6.45) is 4.26. The van der Waals surface area contributed by atoms with Crippen LogP contribution in [-0.4, -0.2) is 64.1 Å². The van der Waals surface area contributed by atoms with Gasteiger partial charge >= 0.3 is 0 Å². The van der Waals surface area contributed by atoms with Gasteiger partial charge in [0.15, 0.2) is 0 Å². The molecule has 0 spiro atoms. The number of ether oxygens (including phenoxy) is 2. The molecule has 0 aromatic rings. The predicted molar refractivity (Wildman–Crippen MR) is 70.7 cm³/mol. The molecule has 3 saturated heterocycles. The van der Waals surface area contributed by atoms with Crippen LogP contribution < -0.4 is 5.32 Å². The van der Waals surface area contributed by atoms with E-state index in [2.05, 4.69) is 17.3 Å². The van der Waals surface area contributed by atoms with E-state index >= 15 is 0 Å². The minimum absolute atomic E-state index is 0.405. The molecule has 3 rings (SSSR count). The summed E-state index contributed by atoms with van der Waals surface area (Å²) in [7, 11) is 2.23. The van der Waals surface area contributed by atoms with E-state index < -0.39 is 0 Å². The summed E-state index contributed by atoms with van der Waals surface area (Å²) < 4.78 is 11.5. The van der Waals surface area contributed by atoms with Crippen LogP contribution in [0.4, 0.5) is 0 Å². The molecule has 4 heteroatoms. The number of piperidine rings is 1. The summed E-state index contributed by atoms with van der Waals surface area (Å²) in [5.74, 6) is 0.841. The highest BCUT2D eigenvalue weighted by molar-refractivity contribution is 4.96. The monoisotopic (exact) mass is 254 g/mol. The van der Waals surface area contributed by atoms with Crippen LogP contribution >= 0.6 is 0 Å². The molecule has 0 aliphatic carbocycles. The molecule has 18 heavy (non-hydrogen) atoms. The second-order valence-corrected chi connectivity index (χ2v) is 6.33. The van der Waals surface area contributed by atoms with Gasteiger partial charge in [0.2, 0.25) is 0 Å². The molecule has 3 aliphatic rings. The summed E-state index contributed by atoms with van der Waals surface area (Å²) in [5, 5.41) is 3.44. The highest BCUT2D eigenvalue weighted by Gasteiger charge is 2.47. The van der Waals surface area contributed by atoms with E-state index in [1.165, 1.54) is 32.4 Å². The van der Waals surface area contributed by atoms with Crippen molar-refractivity contribution in [2.24, 2.45) is 11.3 Å². The van der Waals surface area contributed by atoms with E-state index in [0.717, 1.165) is 38.8 Å². The fourth-order valence-electron chi connectivity index (χ4n) is 3.71. The van der Waals surface area contributed by atoms with Gasteiger partial charge in [-0.25, -0.2) is 0 Å². The van der Waals surface area contributed by atoms with E-state index in [1.54, 1.807) is 0 Å². The van der Waals surface area contributed by atoms with Crippen molar-refractivity contribution in [2.45, 2.75) is 25.4 Å². The summed E-state index contributed by atoms with van der Waals surface area (Å²) >= 11 is 0. The van der Waals surface area contributed by atoms with Gasteiger partial charge in [0.05, 0.1) is 25.9 Å². The van der Waals surface area contributed by atoms with Gasteiger partial charge in [0, 0.05) is 18.5 Å². The summed E-state index contributed by atoms with van der Waals surface area (Å²) in [5.41, 5.74) is 0.422. The van der Waals surface area contributed by atoms with Gasteiger partial charge in [-0.05, 0) is 45.3 Å². The maximum Gasteiger partial charge on any atom is 0.0707 e. The van der Waals surface area contributed by atoms with Gasteiger partial charge in [-0.15, -0.1) is 0 Å². The highest BCUT2D eigenvalue weighted by Crippen LogP contribution is 2.45. The van der Waals surface area contributed by atoms with Crippen molar-refractivity contribution in [3.8, 4) is 0 Å². The summed E-state index contributed by atoms with van der Waals surface area (Å²) in [4.78, 5) is 2.45. The first-order chi connectivity index (χ1) is 8.78. The first-order valence-corrected chi connectivity index (χ1v) is 7.37. The molecule has 1 unspecified atom stereocenters. The number of nitrogens with one attached hydrogen (secondary N) is 1. The van der Waals surface area contributed by atoms with E-state index in [9.17, 15) is 0 Å². The molecule has 0 amide bonds. The standard InChI is InChI=1S/C14H26N2O2/c1-16-5-2-12(3-6-16)14(10-17-11-14)8-13-9-15-4-7-18-13/h12-13,15H,2-11H2,1H3. The number of hydrogen-bond donors (Lipinski definition) is 1. The Bertz CT molecular complexity index is 267. The molecule has 3 fully saturated rings. The lowest BCUT2D eigenvalue weighted by Gasteiger charge is -2.51. The largest absolute Gasteiger partial charge is 0.380 e. The topological polar surface area (TPSA) is 33.7 Å². The fourth-order valence-corrected chi connectivity index (χ4v) is 3.71. The Morgan fingerprint density at radius 3 is 2.61 bits per heavy atom. The van der Waals surface area contributed by atoms with E-state index in [0.29, 0.717) is 11.5 Å². The molecule has 3 aliphatic heterocycles. The smallest absolute Gasteiger partial charge is 0.0707 e. The second kappa shape index (κ2) is 5.45. The van der Waals surface area contributed by atoms with Crippen LogP contribution in [0.5, 0.6) is 0 Å². The third-order valence-corrected chi connectivity index (χ3v) is 5.00. The summed E-state index contributed by atoms with van der Waals surface area (Å²) in [6.45, 7) is 7.31. The van der Waals surface area contributed by atoms with Crippen molar-refractivity contribution in [3.63, 3.8) is 0 Å². The van der Waals surface area contributed by atoms with E-state index in [4.69, 9.17) is 9.47 Å². The van der Waals surface area contributed by atoms with Gasteiger partial charge in [-0.3, -0.25) is 0 Å². The average molecular weight is 254 g/mol. The van der Waals surface area contributed by atoms with Gasteiger partial charge in [-0.1, -0.05) is 0 Å². The van der Waals surface area contributed by atoms with Crippen LogP contribution in [0.3, 0.4) is 0 Å². The second-order valence-electron chi connectivity index (χ2n) is 6.33. The Hall–Kier alpha value is -0.160. The predicted octanol–water partition coefficient (Wildman–Crippen LogP) is 0.723. The molecule has 0 bridgehead atoms. The summed E-state index contributed by atoms with van der Waals surface area (Å²) in [6, 6.07) is 0. The Kier molecular flexibility index (Phi) is 3.89. The number of morpholine rings is 1. The van der Waals surface area contributed by atoms with Crippen LogP contribution in [0.2, 0.25) is 0 Å². The van der Waals surface area contributed by atoms with Crippen molar-refractivity contribution in [3.05, 3.63) is 0 Å². The molecule has 1 atom stereocenters. The zero-order valence-electron chi connectivity index (χ0n) is 11.5. The Balaban J connectivity index is 1.59. The Morgan fingerprint density at radius 2 is 2.06 bits per heavy atom. The molecule has 0 saturated carbocycles. The number of hydrogen-bond acceptors (Lipinski definition) is 4. The molecule has 1 N–H and O–H groups in total. The highest BCUT2D eigenvalue weighted by atomic mass is 16.5. The number of rotatable bonds is 3. The van der Waals surface area contributed by atoms with Crippen LogP contribution in [0.25, 0.3) is 0 Å². The molecular formula is C14H26N2O2. The van der Waals surface area contributed by atoms with Gasteiger partial charge < -0.3 is 19.7 Å². The fraction of sp³-hybridized carbons (Fsp3) is 1.00. The van der Waals surface area contributed by atoms with Crippen molar-refractivity contribution < 1.29 is 9.47 Å². The normalized spacial score (nSPS) is 34.2. The molecule has 0 aromatic carbocycles. The van der Waals surface area contributed by atoms with Crippen molar-refractivity contribution in [1.29, 1.82) is 0 Å². The Labute approximate surface area is 110 Å². The Morgan fingerprint density at radius 1 is 1.28 bits per heavy atom. The SMILES string of the molecule is CN1CCC(C2(CC3CNCCO3)COC2)CC1. The average Bonchev–Trinajstić information content (AvgIpc) is 2.36. The molecule has 3 heterocycles. The lowest BCUT2D eigenvalue weighted by Crippen LogP contribution is -2.55. The zero-order valence-corrected chi connectivity index (χ0v) is 11.5.